The molecule has 1 N–H and O–H groups in total. The molecule has 3 rings (SSSR count). The van der Waals surface area contributed by atoms with Crippen LogP contribution in [-0.4, -0.2) is 5.91 Å². The molecule has 3 heteroatoms. The first kappa shape index (κ1) is 12.4. The van der Waals surface area contributed by atoms with E-state index in [1.807, 2.05) is 49.4 Å². The Morgan fingerprint density at radius 1 is 1.16 bits per heavy atom. The van der Waals surface area contributed by atoms with Gasteiger partial charge in [-0.15, -0.1) is 0 Å². The van der Waals surface area contributed by atoms with Crippen LogP contribution in [0.15, 0.2) is 42.5 Å². The van der Waals surface area contributed by atoms with Gasteiger partial charge in [-0.05, 0) is 59.4 Å². The predicted octanol–water partition coefficient (Wildman–Crippen LogP) is 4.09. The van der Waals surface area contributed by atoms with Gasteiger partial charge in [0.05, 0.1) is 0 Å². The van der Waals surface area contributed by atoms with Gasteiger partial charge in [-0.1, -0.05) is 29.8 Å². The molecule has 2 nitrogen and oxygen atoms in total. The highest BCUT2D eigenvalue weighted by Crippen LogP contribution is 2.34. The number of anilines is 1. The van der Waals surface area contributed by atoms with E-state index < -0.39 is 0 Å². The molecule has 0 unspecified atom stereocenters. The van der Waals surface area contributed by atoms with Crippen molar-refractivity contribution in [2.24, 2.45) is 0 Å². The zero-order valence-corrected chi connectivity index (χ0v) is 12.6. The molecule has 0 spiro atoms. The van der Waals surface area contributed by atoms with Gasteiger partial charge in [0, 0.05) is 20.4 Å². The summed E-state index contributed by atoms with van der Waals surface area (Å²) in [7, 11) is 0. The van der Waals surface area contributed by atoms with E-state index in [-0.39, 0.29) is 5.91 Å². The number of fused-ring (bicyclic) bond motifs is 1. The van der Waals surface area contributed by atoms with Crippen molar-refractivity contribution in [3.63, 3.8) is 0 Å². The van der Waals surface area contributed by atoms with E-state index in [4.69, 9.17) is 0 Å². The Balaban J connectivity index is 2.11. The van der Waals surface area contributed by atoms with E-state index in [0.29, 0.717) is 0 Å². The lowest BCUT2D eigenvalue weighted by Gasteiger charge is -2.00. The zero-order valence-electron chi connectivity index (χ0n) is 10.4. The quantitative estimate of drug-likeness (QED) is 0.602. The Morgan fingerprint density at radius 3 is 2.79 bits per heavy atom. The largest absolute Gasteiger partial charge is 0.321 e. The predicted molar refractivity (Wildman–Crippen MR) is 86.8 cm³/mol. The van der Waals surface area contributed by atoms with Gasteiger partial charge >= 0.3 is 0 Å². The summed E-state index contributed by atoms with van der Waals surface area (Å²) in [5.74, 6) is -0.0292. The van der Waals surface area contributed by atoms with Gasteiger partial charge in [-0.25, -0.2) is 0 Å². The Bertz CT molecular complexity index is 704. The minimum absolute atomic E-state index is 0.0292. The Kier molecular flexibility index (Phi) is 3.14. The number of carbonyl (C=O) groups excluding carboxylic acids is 1. The van der Waals surface area contributed by atoms with Crippen LogP contribution in [0.25, 0.3) is 11.6 Å². The number of hydrogen-bond acceptors (Lipinski definition) is 1. The molecule has 0 atom stereocenters. The fourth-order valence-corrected chi connectivity index (χ4v) is 2.72. The molecule has 0 saturated carbocycles. The number of halogens is 1. The van der Waals surface area contributed by atoms with Crippen LogP contribution in [0.4, 0.5) is 5.69 Å². The highest BCUT2D eigenvalue weighted by Gasteiger charge is 2.23. The van der Waals surface area contributed by atoms with E-state index in [1.165, 1.54) is 5.56 Å². The van der Waals surface area contributed by atoms with Crippen LogP contribution in [0.1, 0.15) is 16.7 Å². The lowest BCUT2D eigenvalue weighted by molar-refractivity contribution is -0.110. The van der Waals surface area contributed by atoms with Crippen LogP contribution in [-0.2, 0) is 4.79 Å². The molecule has 0 aromatic heterocycles. The van der Waals surface area contributed by atoms with Crippen molar-refractivity contribution >= 4 is 45.8 Å². The maximum Gasteiger partial charge on any atom is 0.256 e. The summed E-state index contributed by atoms with van der Waals surface area (Å²) in [6.07, 6.45) is 1.95. The van der Waals surface area contributed by atoms with Gasteiger partial charge in [0.15, 0.2) is 0 Å². The van der Waals surface area contributed by atoms with Gasteiger partial charge < -0.3 is 5.32 Å². The standard InChI is InChI=1S/C16H12INO/c1-10-3-2-4-11(7-10)8-14-13-9-12(17)5-6-15(13)18-16(14)19/h2-9H,1H3,(H,18,19). The smallest absolute Gasteiger partial charge is 0.256 e. The molecule has 1 aliphatic rings. The summed E-state index contributed by atoms with van der Waals surface area (Å²) < 4.78 is 1.13. The summed E-state index contributed by atoms with van der Waals surface area (Å²) in [6.45, 7) is 2.05. The maximum atomic E-state index is 12.0. The third-order valence-electron chi connectivity index (χ3n) is 3.12. The minimum Gasteiger partial charge on any atom is -0.321 e. The molecule has 94 valence electrons. The number of hydrogen-bond donors (Lipinski definition) is 1. The molecule has 2 aromatic carbocycles. The van der Waals surface area contributed by atoms with E-state index in [0.717, 1.165) is 26.0 Å². The van der Waals surface area contributed by atoms with Gasteiger partial charge in [-0.2, -0.15) is 0 Å². The number of amides is 1. The van der Waals surface area contributed by atoms with Crippen LogP contribution < -0.4 is 5.32 Å². The average molecular weight is 361 g/mol. The molecule has 1 heterocycles. The Hall–Kier alpha value is -1.62. The highest BCUT2D eigenvalue weighted by atomic mass is 127. The van der Waals surface area contributed by atoms with Gasteiger partial charge in [0.2, 0.25) is 0 Å². The summed E-state index contributed by atoms with van der Waals surface area (Å²) in [5.41, 5.74) is 4.86. The second kappa shape index (κ2) is 4.81. The van der Waals surface area contributed by atoms with Crippen LogP contribution in [0.5, 0.6) is 0 Å². The van der Waals surface area contributed by atoms with Gasteiger partial charge in [0.1, 0.15) is 0 Å². The van der Waals surface area contributed by atoms with E-state index in [2.05, 4.69) is 34.0 Å². The van der Waals surface area contributed by atoms with Crippen molar-refractivity contribution in [2.75, 3.05) is 5.32 Å². The van der Waals surface area contributed by atoms with Crippen LogP contribution in [0.3, 0.4) is 0 Å². The van der Waals surface area contributed by atoms with Crippen molar-refractivity contribution in [1.29, 1.82) is 0 Å². The van der Waals surface area contributed by atoms with Crippen molar-refractivity contribution in [1.82, 2.24) is 0 Å². The molecule has 0 aliphatic carbocycles. The second-order valence-corrected chi connectivity index (χ2v) is 5.86. The molecule has 0 radical (unpaired) electrons. The first-order valence-corrected chi connectivity index (χ1v) is 7.11. The number of carbonyl (C=O) groups is 1. The molecule has 1 aliphatic heterocycles. The fraction of sp³-hybridized carbons (Fsp3) is 0.0625. The van der Waals surface area contributed by atoms with Crippen molar-refractivity contribution in [3.8, 4) is 0 Å². The lowest BCUT2D eigenvalue weighted by atomic mass is 10.0. The molecule has 19 heavy (non-hydrogen) atoms. The summed E-state index contributed by atoms with van der Waals surface area (Å²) in [4.78, 5) is 12.0. The third kappa shape index (κ3) is 2.42. The monoisotopic (exact) mass is 361 g/mol. The normalized spacial score (nSPS) is 15.5. The molecule has 0 bridgehead atoms. The molecule has 0 fully saturated rings. The first-order valence-electron chi connectivity index (χ1n) is 6.03. The molecule has 2 aromatic rings. The zero-order chi connectivity index (χ0) is 13.4. The SMILES string of the molecule is Cc1cccc(C=C2C(=O)Nc3ccc(I)cc32)c1. The fourth-order valence-electron chi connectivity index (χ4n) is 2.23. The molecular formula is C16H12INO. The maximum absolute atomic E-state index is 12.0. The summed E-state index contributed by atoms with van der Waals surface area (Å²) in [5, 5.41) is 2.90. The van der Waals surface area contributed by atoms with Gasteiger partial charge in [0.25, 0.3) is 5.91 Å². The number of nitrogens with one attached hydrogen (secondary N) is 1. The number of rotatable bonds is 1. The van der Waals surface area contributed by atoms with E-state index in [1.54, 1.807) is 0 Å². The van der Waals surface area contributed by atoms with E-state index in [9.17, 15) is 4.79 Å². The van der Waals surface area contributed by atoms with Crippen molar-refractivity contribution in [2.45, 2.75) is 6.92 Å². The third-order valence-corrected chi connectivity index (χ3v) is 3.79. The van der Waals surface area contributed by atoms with Gasteiger partial charge in [-0.3, -0.25) is 4.79 Å². The van der Waals surface area contributed by atoms with Crippen LogP contribution >= 0.6 is 22.6 Å². The average Bonchev–Trinajstić information content (AvgIpc) is 2.66. The Labute approximate surface area is 125 Å². The Morgan fingerprint density at radius 2 is 2.00 bits per heavy atom. The summed E-state index contributed by atoms with van der Waals surface area (Å²) >= 11 is 2.26. The lowest BCUT2D eigenvalue weighted by Crippen LogP contribution is -2.03. The topological polar surface area (TPSA) is 29.1 Å². The summed E-state index contributed by atoms with van der Waals surface area (Å²) in [6, 6.07) is 14.1. The number of aryl methyl sites for hydroxylation is 1. The molecule has 1 amide bonds. The van der Waals surface area contributed by atoms with Crippen LogP contribution in [0, 0.1) is 10.5 Å². The van der Waals surface area contributed by atoms with Crippen LogP contribution in [0.2, 0.25) is 0 Å². The first-order chi connectivity index (χ1) is 9.13. The van der Waals surface area contributed by atoms with Crippen molar-refractivity contribution in [3.05, 3.63) is 62.7 Å². The van der Waals surface area contributed by atoms with E-state index >= 15 is 0 Å². The second-order valence-electron chi connectivity index (χ2n) is 4.62. The number of benzene rings is 2. The molecule has 0 saturated heterocycles. The highest BCUT2D eigenvalue weighted by molar-refractivity contribution is 14.1. The minimum atomic E-state index is -0.0292. The molecular weight excluding hydrogens is 349 g/mol. The van der Waals surface area contributed by atoms with Crippen molar-refractivity contribution < 1.29 is 4.79 Å².